The minimum absolute atomic E-state index is 0.0160. The molecule has 0 saturated heterocycles. The van der Waals surface area contributed by atoms with Gasteiger partial charge in [0.1, 0.15) is 6.04 Å². The highest BCUT2D eigenvalue weighted by Gasteiger charge is 2.19. The first-order chi connectivity index (χ1) is 9.04. The molecule has 5 nitrogen and oxygen atoms in total. The van der Waals surface area contributed by atoms with Gasteiger partial charge in [-0.1, -0.05) is 23.7 Å². The van der Waals surface area contributed by atoms with E-state index < -0.39 is 17.9 Å². The van der Waals surface area contributed by atoms with Gasteiger partial charge in [-0.3, -0.25) is 4.79 Å². The number of thioether (sulfide) groups is 1. The van der Waals surface area contributed by atoms with Crippen LogP contribution in [-0.2, 0) is 9.59 Å². The van der Waals surface area contributed by atoms with Crippen molar-refractivity contribution in [1.82, 2.24) is 5.32 Å². The maximum Gasteiger partial charge on any atom is 0.326 e. The first-order valence-electron chi connectivity index (χ1n) is 5.55. The number of hydrogen-bond donors (Lipinski definition) is 3. The highest BCUT2D eigenvalue weighted by atomic mass is 35.5. The number of carboxylic acid groups (broad SMARTS) is 1. The summed E-state index contributed by atoms with van der Waals surface area (Å²) in [4.78, 5) is 23.2. The van der Waals surface area contributed by atoms with E-state index in [0.29, 0.717) is 5.02 Å². The lowest BCUT2D eigenvalue weighted by Crippen LogP contribution is -2.42. The largest absolute Gasteiger partial charge is 0.480 e. The fraction of sp³-hybridized carbons (Fsp3) is 0.333. The van der Waals surface area contributed by atoms with Crippen LogP contribution in [0.4, 0.5) is 0 Å². The van der Waals surface area contributed by atoms with Crippen molar-refractivity contribution in [2.45, 2.75) is 17.4 Å². The number of benzene rings is 1. The third kappa shape index (κ3) is 5.50. The Balaban J connectivity index is 2.47. The van der Waals surface area contributed by atoms with E-state index in [1.54, 1.807) is 24.3 Å². The van der Waals surface area contributed by atoms with E-state index in [-0.39, 0.29) is 18.8 Å². The van der Waals surface area contributed by atoms with Crippen molar-refractivity contribution in [2.75, 3.05) is 12.4 Å². The van der Waals surface area contributed by atoms with Crippen LogP contribution in [0, 0.1) is 0 Å². The first kappa shape index (κ1) is 15.8. The number of nitrogens with one attached hydrogen (secondary N) is 1. The SMILES string of the molecule is O=C(CSc1ccccc1Cl)N[C@@H](CCO)C(=O)O. The number of rotatable bonds is 7. The Kier molecular flexibility index (Phi) is 6.69. The number of aliphatic carboxylic acids is 1. The highest BCUT2D eigenvalue weighted by molar-refractivity contribution is 8.00. The van der Waals surface area contributed by atoms with E-state index >= 15 is 0 Å². The second kappa shape index (κ2) is 8.04. The van der Waals surface area contributed by atoms with E-state index in [4.69, 9.17) is 21.8 Å². The molecule has 0 aliphatic heterocycles. The number of carbonyl (C=O) groups excluding carboxylic acids is 1. The topological polar surface area (TPSA) is 86.6 Å². The Bertz CT molecular complexity index is 455. The van der Waals surface area contributed by atoms with Crippen molar-refractivity contribution in [3.63, 3.8) is 0 Å². The number of amides is 1. The molecule has 0 unspecified atom stereocenters. The van der Waals surface area contributed by atoms with Gasteiger partial charge in [0.15, 0.2) is 0 Å². The van der Waals surface area contributed by atoms with Gasteiger partial charge in [0, 0.05) is 17.9 Å². The number of aliphatic hydroxyl groups is 1. The predicted molar refractivity (Wildman–Crippen MR) is 73.4 cm³/mol. The molecule has 0 radical (unpaired) electrons. The summed E-state index contributed by atoms with van der Waals surface area (Å²) in [5.41, 5.74) is 0. The fourth-order valence-electron chi connectivity index (χ4n) is 1.33. The van der Waals surface area contributed by atoms with Crippen molar-refractivity contribution >= 4 is 35.2 Å². The second-order valence-electron chi connectivity index (χ2n) is 3.69. The molecule has 0 spiro atoms. The molecule has 7 heteroatoms. The van der Waals surface area contributed by atoms with Crippen LogP contribution in [0.1, 0.15) is 6.42 Å². The predicted octanol–water partition coefficient (Wildman–Crippen LogP) is 1.38. The number of carboxylic acids is 1. The molecular weight excluding hydrogens is 290 g/mol. The zero-order chi connectivity index (χ0) is 14.3. The van der Waals surface area contributed by atoms with Crippen LogP contribution >= 0.6 is 23.4 Å². The molecule has 1 rings (SSSR count). The molecule has 0 bridgehead atoms. The van der Waals surface area contributed by atoms with Gasteiger partial charge >= 0.3 is 5.97 Å². The maximum absolute atomic E-state index is 11.6. The Morgan fingerprint density at radius 2 is 2.05 bits per heavy atom. The molecule has 0 heterocycles. The average molecular weight is 304 g/mol. The van der Waals surface area contributed by atoms with Crippen LogP contribution in [0.5, 0.6) is 0 Å². The van der Waals surface area contributed by atoms with Crippen molar-refractivity contribution in [2.24, 2.45) is 0 Å². The van der Waals surface area contributed by atoms with Gasteiger partial charge in [0.25, 0.3) is 0 Å². The minimum Gasteiger partial charge on any atom is -0.480 e. The van der Waals surface area contributed by atoms with Crippen LogP contribution in [0.2, 0.25) is 5.02 Å². The molecule has 1 amide bonds. The second-order valence-corrected chi connectivity index (χ2v) is 5.11. The van der Waals surface area contributed by atoms with Crippen LogP contribution < -0.4 is 5.32 Å². The fourth-order valence-corrected chi connectivity index (χ4v) is 2.38. The number of hydrogen-bond acceptors (Lipinski definition) is 4. The van der Waals surface area contributed by atoms with Crippen LogP contribution in [0.3, 0.4) is 0 Å². The van der Waals surface area contributed by atoms with Crippen LogP contribution in [0.15, 0.2) is 29.2 Å². The Labute approximate surface area is 120 Å². The summed E-state index contributed by atoms with van der Waals surface area (Å²) in [6.45, 7) is -0.297. The Morgan fingerprint density at radius 3 is 2.63 bits per heavy atom. The minimum atomic E-state index is -1.16. The summed E-state index contributed by atoms with van der Waals surface area (Å²) in [5.74, 6) is -1.50. The highest BCUT2D eigenvalue weighted by Crippen LogP contribution is 2.26. The number of aliphatic hydroxyl groups excluding tert-OH is 1. The van der Waals surface area contributed by atoms with Gasteiger partial charge in [0.2, 0.25) is 5.91 Å². The summed E-state index contributed by atoms with van der Waals surface area (Å²) in [7, 11) is 0. The zero-order valence-corrected chi connectivity index (χ0v) is 11.6. The lowest BCUT2D eigenvalue weighted by Gasteiger charge is -2.13. The standard InChI is InChI=1S/C12H14ClNO4S/c13-8-3-1-2-4-10(8)19-7-11(16)14-9(5-6-15)12(17)18/h1-4,9,15H,5-7H2,(H,14,16)(H,17,18)/t9-/m0/s1. The lowest BCUT2D eigenvalue weighted by atomic mass is 10.2. The van der Waals surface area contributed by atoms with E-state index in [1.807, 2.05) is 0 Å². The molecular formula is C12H14ClNO4S. The molecule has 0 fully saturated rings. The van der Waals surface area contributed by atoms with Crippen molar-refractivity contribution < 1.29 is 19.8 Å². The van der Waals surface area contributed by atoms with Crippen LogP contribution in [0.25, 0.3) is 0 Å². The molecule has 104 valence electrons. The molecule has 1 aromatic rings. The maximum atomic E-state index is 11.6. The zero-order valence-electron chi connectivity index (χ0n) is 10.0. The summed E-state index contributed by atoms with van der Waals surface area (Å²) >= 11 is 7.16. The van der Waals surface area contributed by atoms with E-state index in [1.165, 1.54) is 11.8 Å². The lowest BCUT2D eigenvalue weighted by molar-refractivity contribution is -0.141. The third-order valence-electron chi connectivity index (χ3n) is 2.25. The summed E-state index contributed by atoms with van der Waals surface area (Å²) in [5, 5.41) is 20.4. The van der Waals surface area contributed by atoms with Crippen molar-refractivity contribution in [1.29, 1.82) is 0 Å². The molecule has 3 N–H and O–H groups in total. The summed E-state index contributed by atoms with van der Waals surface area (Å²) in [6.07, 6.45) is -0.0160. The van der Waals surface area contributed by atoms with Gasteiger partial charge in [-0.25, -0.2) is 4.79 Å². The molecule has 0 aromatic heterocycles. The molecule has 19 heavy (non-hydrogen) atoms. The Morgan fingerprint density at radius 1 is 1.37 bits per heavy atom. The normalized spacial score (nSPS) is 11.9. The van der Waals surface area contributed by atoms with Crippen molar-refractivity contribution in [3.05, 3.63) is 29.3 Å². The smallest absolute Gasteiger partial charge is 0.326 e. The average Bonchev–Trinajstić information content (AvgIpc) is 2.37. The molecule has 1 aromatic carbocycles. The molecule has 0 aliphatic rings. The first-order valence-corrected chi connectivity index (χ1v) is 6.91. The molecule has 1 atom stereocenters. The summed E-state index contributed by atoms with van der Waals surface area (Å²) in [6, 6.07) is 6.02. The summed E-state index contributed by atoms with van der Waals surface area (Å²) < 4.78 is 0. The number of carbonyl (C=O) groups is 2. The van der Waals surface area contributed by atoms with Gasteiger partial charge < -0.3 is 15.5 Å². The van der Waals surface area contributed by atoms with Gasteiger partial charge in [0.05, 0.1) is 10.8 Å². The van der Waals surface area contributed by atoms with E-state index in [0.717, 1.165) is 4.90 Å². The molecule has 0 aliphatic carbocycles. The van der Waals surface area contributed by atoms with Gasteiger partial charge in [-0.05, 0) is 12.1 Å². The quantitative estimate of drug-likeness (QED) is 0.663. The van der Waals surface area contributed by atoms with E-state index in [2.05, 4.69) is 5.32 Å². The Hall–Kier alpha value is -1.24. The van der Waals surface area contributed by atoms with Crippen molar-refractivity contribution in [3.8, 4) is 0 Å². The number of halogens is 1. The molecule has 0 saturated carbocycles. The van der Waals surface area contributed by atoms with Gasteiger partial charge in [-0.2, -0.15) is 0 Å². The third-order valence-corrected chi connectivity index (χ3v) is 3.76. The monoisotopic (exact) mass is 303 g/mol. The van der Waals surface area contributed by atoms with E-state index in [9.17, 15) is 9.59 Å². The van der Waals surface area contributed by atoms with Crippen LogP contribution in [-0.4, -0.2) is 40.5 Å². The van der Waals surface area contributed by atoms with Gasteiger partial charge in [-0.15, -0.1) is 11.8 Å².